The minimum Gasteiger partial charge on any atom is -0.396 e. The van der Waals surface area contributed by atoms with Gasteiger partial charge in [-0.1, -0.05) is 24.1 Å². The lowest BCUT2D eigenvalue weighted by Gasteiger charge is -2.18. The Kier molecular flexibility index (Phi) is 3.97. The standard InChI is InChI=1S/C12H15ClN2O2/c13-11-6-2-5-10(14-11)12(17)15-9-4-1-3-8(9)7-16/h2,5-6,8-9,16H,1,3-4,7H2,(H,15,17). The van der Waals surface area contributed by atoms with Crippen LogP contribution in [0.25, 0.3) is 0 Å². The van der Waals surface area contributed by atoms with E-state index in [1.54, 1.807) is 18.2 Å². The second-order valence-electron chi connectivity index (χ2n) is 4.30. The lowest BCUT2D eigenvalue weighted by Crippen LogP contribution is -2.38. The summed E-state index contributed by atoms with van der Waals surface area (Å²) in [6.45, 7) is 0.119. The number of hydrogen-bond acceptors (Lipinski definition) is 3. The second kappa shape index (κ2) is 5.47. The minimum absolute atomic E-state index is 0.0493. The first-order valence-electron chi connectivity index (χ1n) is 5.75. The molecule has 1 heterocycles. The molecule has 1 aliphatic carbocycles. The van der Waals surface area contributed by atoms with Crippen molar-refractivity contribution in [2.75, 3.05) is 6.61 Å². The van der Waals surface area contributed by atoms with Crippen molar-refractivity contribution in [2.45, 2.75) is 25.3 Å². The Balaban J connectivity index is 2.01. The molecule has 2 N–H and O–H groups in total. The Morgan fingerprint density at radius 2 is 2.35 bits per heavy atom. The fourth-order valence-corrected chi connectivity index (χ4v) is 2.39. The molecule has 0 bridgehead atoms. The maximum Gasteiger partial charge on any atom is 0.270 e. The molecule has 17 heavy (non-hydrogen) atoms. The number of rotatable bonds is 3. The molecule has 1 aromatic heterocycles. The summed E-state index contributed by atoms with van der Waals surface area (Å²) < 4.78 is 0. The molecule has 2 unspecified atom stereocenters. The summed E-state index contributed by atoms with van der Waals surface area (Å²) in [7, 11) is 0. The van der Waals surface area contributed by atoms with Crippen LogP contribution in [-0.2, 0) is 0 Å². The molecule has 0 radical (unpaired) electrons. The van der Waals surface area contributed by atoms with E-state index in [0.717, 1.165) is 19.3 Å². The number of aromatic nitrogens is 1. The molecule has 1 fully saturated rings. The van der Waals surface area contributed by atoms with Crippen molar-refractivity contribution in [1.82, 2.24) is 10.3 Å². The van der Waals surface area contributed by atoms with Gasteiger partial charge in [-0.3, -0.25) is 4.79 Å². The van der Waals surface area contributed by atoms with Crippen LogP contribution in [-0.4, -0.2) is 28.6 Å². The smallest absolute Gasteiger partial charge is 0.270 e. The average Bonchev–Trinajstić information content (AvgIpc) is 2.76. The highest BCUT2D eigenvalue weighted by atomic mass is 35.5. The highest BCUT2D eigenvalue weighted by Gasteiger charge is 2.28. The van der Waals surface area contributed by atoms with Gasteiger partial charge in [0, 0.05) is 18.6 Å². The molecule has 92 valence electrons. The van der Waals surface area contributed by atoms with Gasteiger partial charge in [0.05, 0.1) is 0 Å². The fraction of sp³-hybridized carbons (Fsp3) is 0.500. The summed E-state index contributed by atoms with van der Waals surface area (Å²) in [6.07, 6.45) is 2.92. The SMILES string of the molecule is O=C(NC1CCCC1CO)c1cccc(Cl)n1. The van der Waals surface area contributed by atoms with Crippen LogP contribution in [0.4, 0.5) is 0 Å². The van der Waals surface area contributed by atoms with E-state index in [1.807, 2.05) is 0 Å². The molecule has 0 aromatic carbocycles. The van der Waals surface area contributed by atoms with Crippen LogP contribution in [0.2, 0.25) is 5.15 Å². The number of nitrogens with one attached hydrogen (secondary N) is 1. The topological polar surface area (TPSA) is 62.2 Å². The highest BCUT2D eigenvalue weighted by molar-refractivity contribution is 6.29. The molecule has 0 spiro atoms. The summed E-state index contributed by atoms with van der Waals surface area (Å²) in [6, 6.07) is 5.00. The lowest BCUT2D eigenvalue weighted by atomic mass is 10.1. The number of nitrogens with zero attached hydrogens (tertiary/aromatic N) is 1. The zero-order chi connectivity index (χ0) is 12.3. The number of pyridine rings is 1. The molecule has 1 amide bonds. The van der Waals surface area contributed by atoms with Crippen LogP contribution >= 0.6 is 11.6 Å². The van der Waals surface area contributed by atoms with Crippen LogP contribution in [0.5, 0.6) is 0 Å². The van der Waals surface area contributed by atoms with Crippen molar-refractivity contribution in [3.8, 4) is 0 Å². The third-order valence-corrected chi connectivity index (χ3v) is 3.37. The van der Waals surface area contributed by atoms with Crippen LogP contribution in [0.3, 0.4) is 0 Å². The van der Waals surface area contributed by atoms with Gasteiger partial charge in [-0.2, -0.15) is 0 Å². The van der Waals surface area contributed by atoms with Gasteiger partial charge in [-0.05, 0) is 25.0 Å². The molecule has 1 aromatic rings. The van der Waals surface area contributed by atoms with Gasteiger partial charge in [0.2, 0.25) is 0 Å². The van der Waals surface area contributed by atoms with Crippen molar-refractivity contribution in [2.24, 2.45) is 5.92 Å². The second-order valence-corrected chi connectivity index (χ2v) is 4.69. The zero-order valence-corrected chi connectivity index (χ0v) is 10.2. The predicted molar refractivity (Wildman–Crippen MR) is 64.9 cm³/mol. The van der Waals surface area contributed by atoms with Gasteiger partial charge in [0.1, 0.15) is 10.8 Å². The third-order valence-electron chi connectivity index (χ3n) is 3.16. The number of aliphatic hydroxyl groups excluding tert-OH is 1. The van der Waals surface area contributed by atoms with E-state index in [1.165, 1.54) is 0 Å². The van der Waals surface area contributed by atoms with Gasteiger partial charge in [-0.15, -0.1) is 0 Å². The fourth-order valence-electron chi connectivity index (χ4n) is 2.22. The molecule has 1 aliphatic rings. The molecule has 0 aliphatic heterocycles. The normalized spacial score (nSPS) is 23.6. The number of carbonyl (C=O) groups excluding carboxylic acids is 1. The van der Waals surface area contributed by atoms with Crippen LogP contribution in [0.1, 0.15) is 29.8 Å². The predicted octanol–water partition coefficient (Wildman–Crippen LogP) is 1.63. The molecular weight excluding hydrogens is 240 g/mol. The number of halogens is 1. The Hall–Kier alpha value is -1.13. The van der Waals surface area contributed by atoms with Crippen LogP contribution in [0, 0.1) is 5.92 Å². The number of hydrogen-bond donors (Lipinski definition) is 2. The van der Waals surface area contributed by atoms with E-state index >= 15 is 0 Å². The summed E-state index contributed by atoms with van der Waals surface area (Å²) >= 11 is 5.73. The summed E-state index contributed by atoms with van der Waals surface area (Å²) in [4.78, 5) is 15.9. The minimum atomic E-state index is -0.224. The Morgan fingerprint density at radius 3 is 3.06 bits per heavy atom. The average molecular weight is 255 g/mol. The first-order valence-corrected chi connectivity index (χ1v) is 6.13. The first-order chi connectivity index (χ1) is 8.20. The van der Waals surface area contributed by atoms with E-state index in [-0.39, 0.29) is 24.5 Å². The third kappa shape index (κ3) is 2.96. The molecule has 0 saturated heterocycles. The summed E-state index contributed by atoms with van der Waals surface area (Å²) in [5.74, 6) is -0.0593. The maximum atomic E-state index is 11.9. The number of aliphatic hydroxyl groups is 1. The van der Waals surface area contributed by atoms with Crippen LogP contribution < -0.4 is 5.32 Å². The van der Waals surface area contributed by atoms with Crippen molar-refractivity contribution < 1.29 is 9.90 Å². The molecule has 5 heteroatoms. The van der Waals surface area contributed by atoms with Crippen molar-refractivity contribution in [3.63, 3.8) is 0 Å². The zero-order valence-electron chi connectivity index (χ0n) is 9.40. The van der Waals surface area contributed by atoms with Gasteiger partial charge in [0.25, 0.3) is 5.91 Å². The maximum absolute atomic E-state index is 11.9. The monoisotopic (exact) mass is 254 g/mol. The van der Waals surface area contributed by atoms with Gasteiger partial charge < -0.3 is 10.4 Å². The highest BCUT2D eigenvalue weighted by Crippen LogP contribution is 2.25. The Labute approximate surface area is 105 Å². The van der Waals surface area contributed by atoms with Crippen molar-refractivity contribution >= 4 is 17.5 Å². The van der Waals surface area contributed by atoms with E-state index in [0.29, 0.717) is 10.8 Å². The van der Waals surface area contributed by atoms with E-state index in [4.69, 9.17) is 11.6 Å². The molecule has 4 nitrogen and oxygen atoms in total. The quantitative estimate of drug-likeness (QED) is 0.806. The van der Waals surface area contributed by atoms with Gasteiger partial charge in [-0.25, -0.2) is 4.98 Å². The van der Waals surface area contributed by atoms with Gasteiger partial charge >= 0.3 is 0 Å². The molecular formula is C12H15ClN2O2. The first kappa shape index (κ1) is 12.3. The van der Waals surface area contributed by atoms with Crippen molar-refractivity contribution in [3.05, 3.63) is 29.0 Å². The van der Waals surface area contributed by atoms with Crippen molar-refractivity contribution in [1.29, 1.82) is 0 Å². The molecule has 2 atom stereocenters. The Bertz CT molecular complexity index is 411. The molecule has 2 rings (SSSR count). The summed E-state index contributed by atoms with van der Waals surface area (Å²) in [5.41, 5.74) is 0.320. The molecule has 1 saturated carbocycles. The van der Waals surface area contributed by atoms with Crippen LogP contribution in [0.15, 0.2) is 18.2 Å². The van der Waals surface area contributed by atoms with Gasteiger partial charge in [0.15, 0.2) is 0 Å². The van der Waals surface area contributed by atoms with E-state index in [9.17, 15) is 9.90 Å². The number of amides is 1. The summed E-state index contributed by atoms with van der Waals surface area (Å²) in [5, 5.41) is 12.4. The van der Waals surface area contributed by atoms with E-state index in [2.05, 4.69) is 10.3 Å². The lowest BCUT2D eigenvalue weighted by molar-refractivity contribution is 0.0911. The largest absolute Gasteiger partial charge is 0.396 e. The number of carbonyl (C=O) groups is 1. The Morgan fingerprint density at radius 1 is 1.53 bits per heavy atom. The van der Waals surface area contributed by atoms with E-state index < -0.39 is 0 Å².